The molecule has 6 heteroatoms. The van der Waals surface area contributed by atoms with Crippen LogP contribution in [0.2, 0.25) is 0 Å². The molecular formula is C17H19N5O. The first kappa shape index (κ1) is 14.1. The van der Waals surface area contributed by atoms with Gasteiger partial charge in [0.2, 0.25) is 0 Å². The second-order valence-electron chi connectivity index (χ2n) is 6.04. The average Bonchev–Trinajstić information content (AvgIpc) is 3.22. The first-order chi connectivity index (χ1) is 11.3. The molecule has 0 amide bonds. The van der Waals surface area contributed by atoms with Crippen LogP contribution in [0.25, 0.3) is 22.4 Å². The smallest absolute Gasteiger partial charge is 0.262 e. The molecule has 6 nitrogen and oxygen atoms in total. The summed E-state index contributed by atoms with van der Waals surface area (Å²) < 4.78 is 1.98. The standard InChI is InChI=1S/C17H19N5O/c1-2-13-14-16(22(21-13)12-7-3-4-8-12)19-15(20-17(14)23)11-6-5-9-18-10-11/h5-6,9-10,12H,2-4,7-8H2,1H3,(H,19,20,23). The fourth-order valence-corrected chi connectivity index (χ4v) is 3.41. The maximum Gasteiger partial charge on any atom is 0.262 e. The van der Waals surface area contributed by atoms with Gasteiger partial charge in [-0.05, 0) is 31.4 Å². The highest BCUT2D eigenvalue weighted by atomic mass is 16.1. The molecule has 4 rings (SSSR count). The van der Waals surface area contributed by atoms with Gasteiger partial charge in [0.05, 0.1) is 11.7 Å². The van der Waals surface area contributed by atoms with Crippen molar-refractivity contribution in [1.82, 2.24) is 24.7 Å². The van der Waals surface area contributed by atoms with Gasteiger partial charge in [-0.2, -0.15) is 5.10 Å². The molecule has 0 saturated heterocycles. The monoisotopic (exact) mass is 309 g/mol. The number of fused-ring (bicyclic) bond motifs is 1. The average molecular weight is 309 g/mol. The van der Waals surface area contributed by atoms with Crippen LogP contribution in [0.3, 0.4) is 0 Å². The number of H-pyrrole nitrogens is 1. The second kappa shape index (κ2) is 5.61. The Hall–Kier alpha value is -2.50. The molecule has 1 fully saturated rings. The van der Waals surface area contributed by atoms with Crippen molar-refractivity contribution in [3.8, 4) is 11.4 Å². The summed E-state index contributed by atoms with van der Waals surface area (Å²) in [6.45, 7) is 2.02. The van der Waals surface area contributed by atoms with Crippen LogP contribution in [0, 0.1) is 0 Å². The van der Waals surface area contributed by atoms with Gasteiger partial charge in [-0.3, -0.25) is 9.78 Å². The Kier molecular flexibility index (Phi) is 3.44. The highest BCUT2D eigenvalue weighted by Crippen LogP contribution is 2.32. The van der Waals surface area contributed by atoms with Gasteiger partial charge in [0.1, 0.15) is 11.2 Å². The van der Waals surface area contributed by atoms with Gasteiger partial charge in [0.15, 0.2) is 5.65 Å². The summed E-state index contributed by atoms with van der Waals surface area (Å²) in [5, 5.41) is 5.34. The summed E-state index contributed by atoms with van der Waals surface area (Å²) in [7, 11) is 0. The van der Waals surface area contributed by atoms with Crippen LogP contribution in [0.1, 0.15) is 44.3 Å². The third kappa shape index (κ3) is 2.34. The number of rotatable bonds is 3. The van der Waals surface area contributed by atoms with Crippen molar-refractivity contribution in [3.05, 3.63) is 40.6 Å². The van der Waals surface area contributed by atoms with Crippen molar-refractivity contribution >= 4 is 11.0 Å². The molecule has 0 unspecified atom stereocenters. The van der Waals surface area contributed by atoms with E-state index in [0.29, 0.717) is 22.9 Å². The van der Waals surface area contributed by atoms with Gasteiger partial charge in [-0.1, -0.05) is 19.8 Å². The highest BCUT2D eigenvalue weighted by molar-refractivity contribution is 5.79. The normalized spacial score (nSPS) is 15.5. The van der Waals surface area contributed by atoms with E-state index in [1.807, 2.05) is 23.7 Å². The molecule has 23 heavy (non-hydrogen) atoms. The Morgan fingerprint density at radius 2 is 2.17 bits per heavy atom. The SMILES string of the molecule is CCc1nn(C2CCCC2)c2nc(-c3cccnc3)[nH]c(=O)c12. The summed E-state index contributed by atoms with van der Waals surface area (Å²) in [6, 6.07) is 4.09. The lowest BCUT2D eigenvalue weighted by Crippen LogP contribution is -2.12. The first-order valence-electron chi connectivity index (χ1n) is 8.19. The van der Waals surface area contributed by atoms with E-state index in [0.717, 1.165) is 30.5 Å². The molecule has 1 saturated carbocycles. The Balaban J connectivity index is 1.96. The quantitative estimate of drug-likeness (QED) is 0.807. The largest absolute Gasteiger partial charge is 0.306 e. The predicted octanol–water partition coefficient (Wildman–Crippen LogP) is 2.86. The van der Waals surface area contributed by atoms with Gasteiger partial charge in [0.25, 0.3) is 5.56 Å². The molecule has 0 atom stereocenters. The number of pyridine rings is 1. The molecular weight excluding hydrogens is 290 g/mol. The molecule has 0 aromatic carbocycles. The number of hydrogen-bond donors (Lipinski definition) is 1. The van der Waals surface area contributed by atoms with Crippen LogP contribution in [-0.2, 0) is 6.42 Å². The second-order valence-corrected chi connectivity index (χ2v) is 6.04. The van der Waals surface area contributed by atoms with E-state index in [9.17, 15) is 4.79 Å². The Bertz CT molecular complexity index is 890. The van der Waals surface area contributed by atoms with Crippen molar-refractivity contribution in [2.75, 3.05) is 0 Å². The molecule has 1 N–H and O–H groups in total. The highest BCUT2D eigenvalue weighted by Gasteiger charge is 2.24. The van der Waals surface area contributed by atoms with Crippen molar-refractivity contribution in [3.63, 3.8) is 0 Å². The van der Waals surface area contributed by atoms with Crippen molar-refractivity contribution in [2.45, 2.75) is 45.1 Å². The topological polar surface area (TPSA) is 76.5 Å². The summed E-state index contributed by atoms with van der Waals surface area (Å²) in [4.78, 5) is 24.3. The Morgan fingerprint density at radius 1 is 1.35 bits per heavy atom. The lowest BCUT2D eigenvalue weighted by Gasteiger charge is -2.10. The summed E-state index contributed by atoms with van der Waals surface area (Å²) in [5.41, 5.74) is 2.23. The number of nitrogens with zero attached hydrogens (tertiary/aromatic N) is 4. The molecule has 3 aromatic rings. The van der Waals surface area contributed by atoms with Crippen molar-refractivity contribution < 1.29 is 0 Å². The zero-order valence-corrected chi connectivity index (χ0v) is 13.1. The minimum Gasteiger partial charge on any atom is -0.306 e. The van der Waals surface area contributed by atoms with Crippen molar-refractivity contribution in [1.29, 1.82) is 0 Å². The van der Waals surface area contributed by atoms with E-state index in [1.54, 1.807) is 12.4 Å². The van der Waals surface area contributed by atoms with E-state index < -0.39 is 0 Å². The van der Waals surface area contributed by atoms with E-state index in [1.165, 1.54) is 12.8 Å². The lowest BCUT2D eigenvalue weighted by atomic mass is 10.2. The first-order valence-corrected chi connectivity index (χ1v) is 8.19. The van der Waals surface area contributed by atoms with Crippen LogP contribution in [0.4, 0.5) is 0 Å². The maximum absolute atomic E-state index is 12.6. The summed E-state index contributed by atoms with van der Waals surface area (Å²) in [6.07, 6.45) is 8.79. The molecule has 0 bridgehead atoms. The molecule has 0 aliphatic heterocycles. The van der Waals surface area contributed by atoms with Gasteiger partial charge in [-0.25, -0.2) is 9.67 Å². The van der Waals surface area contributed by atoms with Crippen LogP contribution in [0.15, 0.2) is 29.3 Å². The fraction of sp³-hybridized carbons (Fsp3) is 0.412. The van der Waals surface area contributed by atoms with E-state index in [2.05, 4.69) is 9.97 Å². The Morgan fingerprint density at radius 3 is 2.87 bits per heavy atom. The van der Waals surface area contributed by atoms with Crippen molar-refractivity contribution in [2.24, 2.45) is 0 Å². The summed E-state index contributed by atoms with van der Waals surface area (Å²) in [5.74, 6) is 0.553. The van der Waals surface area contributed by atoms with Gasteiger partial charge >= 0.3 is 0 Å². The van der Waals surface area contributed by atoms with E-state index in [-0.39, 0.29) is 5.56 Å². The minimum absolute atomic E-state index is 0.116. The molecule has 3 aromatic heterocycles. The van der Waals surface area contributed by atoms with Crippen LogP contribution in [-0.4, -0.2) is 24.7 Å². The fourth-order valence-electron chi connectivity index (χ4n) is 3.41. The van der Waals surface area contributed by atoms with Gasteiger partial charge in [-0.15, -0.1) is 0 Å². The van der Waals surface area contributed by atoms with Crippen LogP contribution >= 0.6 is 0 Å². The molecule has 0 radical (unpaired) electrons. The molecule has 3 heterocycles. The predicted molar refractivity (Wildman–Crippen MR) is 88.3 cm³/mol. The Labute approximate surface area is 133 Å². The number of aromatic nitrogens is 5. The minimum atomic E-state index is -0.116. The molecule has 118 valence electrons. The number of aryl methyl sites for hydroxylation is 1. The zero-order valence-electron chi connectivity index (χ0n) is 13.1. The lowest BCUT2D eigenvalue weighted by molar-refractivity contribution is 0.474. The molecule has 0 spiro atoms. The zero-order chi connectivity index (χ0) is 15.8. The number of nitrogens with one attached hydrogen (secondary N) is 1. The number of aromatic amines is 1. The molecule has 1 aliphatic carbocycles. The van der Waals surface area contributed by atoms with Crippen LogP contribution < -0.4 is 5.56 Å². The van der Waals surface area contributed by atoms with Crippen LogP contribution in [0.5, 0.6) is 0 Å². The third-order valence-corrected chi connectivity index (χ3v) is 4.57. The van der Waals surface area contributed by atoms with E-state index >= 15 is 0 Å². The number of hydrogen-bond acceptors (Lipinski definition) is 4. The molecule has 1 aliphatic rings. The van der Waals surface area contributed by atoms with E-state index in [4.69, 9.17) is 10.1 Å². The maximum atomic E-state index is 12.6. The summed E-state index contributed by atoms with van der Waals surface area (Å²) >= 11 is 0. The third-order valence-electron chi connectivity index (χ3n) is 4.57. The van der Waals surface area contributed by atoms with Gasteiger partial charge < -0.3 is 4.98 Å². The van der Waals surface area contributed by atoms with Gasteiger partial charge in [0, 0.05) is 18.0 Å².